The first-order valence-corrected chi connectivity index (χ1v) is 9.36. The summed E-state index contributed by atoms with van der Waals surface area (Å²) in [5.74, 6) is -0.660. The normalized spacial score (nSPS) is 14.8. The summed E-state index contributed by atoms with van der Waals surface area (Å²) in [5, 5.41) is 0. The highest BCUT2D eigenvalue weighted by Gasteiger charge is 2.36. The van der Waals surface area contributed by atoms with Gasteiger partial charge in [-0.15, -0.1) is 0 Å². The zero-order valence-corrected chi connectivity index (χ0v) is 16.8. The molecule has 0 bridgehead atoms. The fourth-order valence-corrected chi connectivity index (χ4v) is 3.45. The maximum atomic E-state index is 13.4. The molecule has 150 valence electrons. The van der Waals surface area contributed by atoms with Gasteiger partial charge in [-0.1, -0.05) is 35.9 Å². The van der Waals surface area contributed by atoms with Crippen molar-refractivity contribution in [2.75, 3.05) is 12.0 Å². The first-order chi connectivity index (χ1) is 14.4. The van der Waals surface area contributed by atoms with Gasteiger partial charge in [-0.2, -0.15) is 0 Å². The van der Waals surface area contributed by atoms with E-state index in [1.54, 1.807) is 49.4 Å². The summed E-state index contributed by atoms with van der Waals surface area (Å²) in [6.07, 6.45) is 1.55. The van der Waals surface area contributed by atoms with E-state index in [4.69, 9.17) is 9.15 Å². The van der Waals surface area contributed by atoms with E-state index in [1.165, 1.54) is 13.2 Å². The first kappa shape index (κ1) is 19.4. The van der Waals surface area contributed by atoms with Gasteiger partial charge in [0.25, 0.3) is 11.8 Å². The number of imide groups is 1. The van der Waals surface area contributed by atoms with Crippen LogP contribution in [-0.4, -0.2) is 24.9 Å². The van der Waals surface area contributed by atoms with Gasteiger partial charge in [0.15, 0.2) is 0 Å². The molecule has 4 rings (SSSR count). The second-order valence-electron chi connectivity index (χ2n) is 7.00. The van der Waals surface area contributed by atoms with Crippen LogP contribution >= 0.6 is 0 Å². The van der Waals surface area contributed by atoms with Crippen molar-refractivity contribution >= 4 is 35.1 Å². The SMILES string of the molecule is COC(=O)c1cc(/C=C2/C(=O)N(c3ccc(C)cc3)C(=O)c3ccccc32)oc1C. The van der Waals surface area contributed by atoms with Gasteiger partial charge in [-0.05, 0) is 44.2 Å². The molecule has 30 heavy (non-hydrogen) atoms. The Balaban J connectivity index is 1.86. The highest BCUT2D eigenvalue weighted by atomic mass is 16.5. The van der Waals surface area contributed by atoms with E-state index in [9.17, 15) is 14.4 Å². The lowest BCUT2D eigenvalue weighted by molar-refractivity contribution is -0.112. The smallest absolute Gasteiger partial charge is 0.341 e. The number of esters is 1. The van der Waals surface area contributed by atoms with Crippen molar-refractivity contribution in [1.82, 2.24) is 0 Å². The van der Waals surface area contributed by atoms with Crippen molar-refractivity contribution in [2.24, 2.45) is 0 Å². The van der Waals surface area contributed by atoms with E-state index in [2.05, 4.69) is 0 Å². The Morgan fingerprint density at radius 3 is 2.30 bits per heavy atom. The maximum absolute atomic E-state index is 13.4. The summed E-state index contributed by atoms with van der Waals surface area (Å²) in [4.78, 5) is 39.5. The molecule has 0 radical (unpaired) electrons. The van der Waals surface area contributed by atoms with Crippen molar-refractivity contribution < 1.29 is 23.5 Å². The number of rotatable bonds is 3. The number of benzene rings is 2. The molecule has 2 amide bonds. The van der Waals surface area contributed by atoms with Crippen molar-refractivity contribution in [1.29, 1.82) is 0 Å². The molecule has 0 saturated heterocycles. The molecule has 0 fully saturated rings. The second kappa shape index (κ2) is 7.48. The fraction of sp³-hybridized carbons (Fsp3) is 0.125. The van der Waals surface area contributed by atoms with Gasteiger partial charge >= 0.3 is 5.97 Å². The summed E-state index contributed by atoms with van der Waals surface area (Å²) >= 11 is 0. The molecule has 1 aliphatic rings. The van der Waals surface area contributed by atoms with Crippen LogP contribution in [0.25, 0.3) is 11.6 Å². The van der Waals surface area contributed by atoms with Crippen molar-refractivity contribution in [3.05, 3.63) is 88.4 Å². The standard InChI is InChI=1S/C24H19NO5/c1-14-8-10-16(11-9-14)25-22(26)19-7-5-4-6-18(19)21(23(25)27)13-17-12-20(15(2)30-17)24(28)29-3/h4-13H,1-3H3/b21-13+. The molecule has 0 unspecified atom stereocenters. The molecule has 6 nitrogen and oxygen atoms in total. The lowest BCUT2D eigenvalue weighted by Crippen LogP contribution is -2.41. The molecule has 2 aromatic carbocycles. The van der Waals surface area contributed by atoms with Crippen LogP contribution < -0.4 is 4.90 Å². The third kappa shape index (κ3) is 3.22. The third-order valence-corrected chi connectivity index (χ3v) is 5.01. The van der Waals surface area contributed by atoms with Gasteiger partial charge in [0, 0.05) is 11.1 Å². The van der Waals surface area contributed by atoms with Crippen LogP contribution in [0.4, 0.5) is 5.69 Å². The minimum absolute atomic E-state index is 0.285. The number of anilines is 1. The molecular formula is C24H19NO5. The van der Waals surface area contributed by atoms with E-state index in [-0.39, 0.29) is 11.5 Å². The highest BCUT2D eigenvalue weighted by Crippen LogP contribution is 2.34. The van der Waals surface area contributed by atoms with Crippen LogP contribution in [0.1, 0.15) is 43.4 Å². The number of fused-ring (bicyclic) bond motifs is 1. The van der Waals surface area contributed by atoms with Crippen molar-refractivity contribution in [2.45, 2.75) is 13.8 Å². The second-order valence-corrected chi connectivity index (χ2v) is 7.00. The maximum Gasteiger partial charge on any atom is 0.341 e. The van der Waals surface area contributed by atoms with Crippen LogP contribution in [0.5, 0.6) is 0 Å². The number of ether oxygens (including phenoxy) is 1. The number of carbonyl (C=O) groups excluding carboxylic acids is 3. The monoisotopic (exact) mass is 401 g/mol. The van der Waals surface area contributed by atoms with E-state index in [0.717, 1.165) is 10.5 Å². The number of furan rings is 1. The Hall–Kier alpha value is -3.93. The van der Waals surface area contributed by atoms with Crippen LogP contribution in [0.2, 0.25) is 0 Å². The Morgan fingerprint density at radius 1 is 0.967 bits per heavy atom. The van der Waals surface area contributed by atoms with Crippen molar-refractivity contribution in [3.8, 4) is 0 Å². The molecule has 3 aromatic rings. The number of amides is 2. The van der Waals surface area contributed by atoms with Gasteiger partial charge in [0.05, 0.1) is 18.4 Å². The molecule has 1 aromatic heterocycles. The lowest BCUT2D eigenvalue weighted by Gasteiger charge is -2.28. The molecule has 0 atom stereocenters. The minimum atomic E-state index is -0.521. The molecule has 6 heteroatoms. The van der Waals surface area contributed by atoms with Gasteiger partial charge in [-0.25, -0.2) is 9.69 Å². The zero-order valence-electron chi connectivity index (χ0n) is 16.8. The van der Waals surface area contributed by atoms with Crippen LogP contribution in [-0.2, 0) is 9.53 Å². The van der Waals surface area contributed by atoms with E-state index in [1.807, 2.05) is 19.1 Å². The average molecular weight is 401 g/mol. The molecule has 1 aliphatic heterocycles. The summed E-state index contributed by atoms with van der Waals surface area (Å²) in [6, 6.07) is 15.6. The predicted octanol–water partition coefficient (Wildman–Crippen LogP) is 4.41. The summed E-state index contributed by atoms with van der Waals surface area (Å²) in [7, 11) is 1.29. The summed E-state index contributed by atoms with van der Waals surface area (Å²) in [6.45, 7) is 3.58. The van der Waals surface area contributed by atoms with Gasteiger partial charge in [0.1, 0.15) is 17.1 Å². The van der Waals surface area contributed by atoms with Crippen LogP contribution in [0.15, 0.2) is 59.0 Å². The topological polar surface area (TPSA) is 76.8 Å². The Morgan fingerprint density at radius 2 is 1.63 bits per heavy atom. The molecular weight excluding hydrogens is 382 g/mol. The largest absolute Gasteiger partial charge is 0.465 e. The molecule has 0 N–H and O–H groups in total. The molecule has 0 aliphatic carbocycles. The average Bonchev–Trinajstić information content (AvgIpc) is 3.12. The third-order valence-electron chi connectivity index (χ3n) is 5.01. The quantitative estimate of drug-likeness (QED) is 0.369. The minimum Gasteiger partial charge on any atom is -0.465 e. The number of hydrogen-bond donors (Lipinski definition) is 0. The fourth-order valence-electron chi connectivity index (χ4n) is 3.45. The Labute approximate surface area is 173 Å². The number of methoxy groups -OCH3 is 1. The predicted molar refractivity (Wildman–Crippen MR) is 112 cm³/mol. The van der Waals surface area contributed by atoms with E-state index >= 15 is 0 Å². The van der Waals surface area contributed by atoms with E-state index < -0.39 is 11.9 Å². The van der Waals surface area contributed by atoms with E-state index in [0.29, 0.717) is 33.9 Å². The van der Waals surface area contributed by atoms with Gasteiger partial charge in [0.2, 0.25) is 0 Å². The highest BCUT2D eigenvalue weighted by molar-refractivity contribution is 6.43. The van der Waals surface area contributed by atoms with Gasteiger partial charge < -0.3 is 9.15 Å². The lowest BCUT2D eigenvalue weighted by atomic mass is 9.92. The molecule has 0 spiro atoms. The molecule has 2 heterocycles. The zero-order chi connectivity index (χ0) is 21.4. The number of carbonyl (C=O) groups is 3. The first-order valence-electron chi connectivity index (χ1n) is 9.36. The molecule has 0 saturated carbocycles. The number of aryl methyl sites for hydroxylation is 2. The van der Waals surface area contributed by atoms with Crippen LogP contribution in [0.3, 0.4) is 0 Å². The van der Waals surface area contributed by atoms with Gasteiger partial charge in [-0.3, -0.25) is 9.59 Å². The summed E-state index contributed by atoms with van der Waals surface area (Å²) < 4.78 is 10.4. The summed E-state index contributed by atoms with van der Waals surface area (Å²) in [5.41, 5.74) is 3.03. The van der Waals surface area contributed by atoms with Crippen molar-refractivity contribution in [3.63, 3.8) is 0 Å². The van der Waals surface area contributed by atoms with Crippen LogP contribution in [0, 0.1) is 13.8 Å². The Bertz CT molecular complexity index is 1200. The number of nitrogens with zero attached hydrogens (tertiary/aromatic N) is 1. The Kier molecular flexibility index (Phi) is 4.83. The number of hydrogen-bond acceptors (Lipinski definition) is 5.